The Kier molecular flexibility index (Phi) is 6.23. The third kappa shape index (κ3) is 4.65. The van der Waals surface area contributed by atoms with Crippen LogP contribution in [0.15, 0.2) is 66.7 Å². The van der Waals surface area contributed by atoms with Gasteiger partial charge in [-0.05, 0) is 74.1 Å². The summed E-state index contributed by atoms with van der Waals surface area (Å²) in [6, 6.07) is 21.5. The number of benzene rings is 3. The molecule has 0 bridgehead atoms. The van der Waals surface area contributed by atoms with E-state index >= 15 is 0 Å². The number of fused-ring (bicyclic) bond motifs is 1. The number of nitrogens with zero attached hydrogens (tertiary/aromatic N) is 2. The maximum absolute atomic E-state index is 13.2. The number of aromatic nitrogens is 2. The first-order valence-electron chi connectivity index (χ1n) is 10.6. The van der Waals surface area contributed by atoms with Gasteiger partial charge in [-0.2, -0.15) is 5.10 Å². The van der Waals surface area contributed by atoms with E-state index in [2.05, 4.69) is 26.5 Å². The molecule has 2 N–H and O–H groups in total. The Balaban J connectivity index is 1.60. The molecule has 0 aliphatic carbocycles. The number of nitrogens with one attached hydrogen (secondary N) is 2. The standard InChI is InChI=1S/C26H28N4O2/c1-17-23-15-19(11-12-24(23)29-28-17)18-7-5-9-21(13-18)26(31)27-25(16-30(2)3)20-8-6-10-22(14-20)32-4/h5-15,25H,16H2,1-4H3,(H,27,31)(H,28,29). The van der Waals surface area contributed by atoms with Crippen molar-refractivity contribution in [3.05, 3.63) is 83.6 Å². The second-order valence-corrected chi connectivity index (χ2v) is 8.22. The summed E-state index contributed by atoms with van der Waals surface area (Å²) in [5.41, 5.74) is 5.63. The Bertz CT molecular complexity index is 1250. The van der Waals surface area contributed by atoms with Gasteiger partial charge >= 0.3 is 0 Å². The van der Waals surface area contributed by atoms with Crippen LogP contribution in [0.5, 0.6) is 5.75 Å². The summed E-state index contributed by atoms with van der Waals surface area (Å²) in [4.78, 5) is 15.3. The number of rotatable bonds is 7. The predicted molar refractivity (Wildman–Crippen MR) is 128 cm³/mol. The SMILES string of the molecule is COc1cccc(C(CN(C)C)NC(=O)c2cccc(-c3ccc4[nH]nc(C)c4c3)c2)c1. The third-order valence-electron chi connectivity index (χ3n) is 5.56. The lowest BCUT2D eigenvalue weighted by atomic mass is 10.0. The lowest BCUT2D eigenvalue weighted by molar-refractivity contribution is 0.0930. The summed E-state index contributed by atoms with van der Waals surface area (Å²) < 4.78 is 5.36. The molecule has 0 saturated carbocycles. The first-order chi connectivity index (χ1) is 15.4. The van der Waals surface area contributed by atoms with Crippen LogP contribution in [0.1, 0.15) is 27.7 Å². The molecular weight excluding hydrogens is 400 g/mol. The summed E-state index contributed by atoms with van der Waals surface area (Å²) in [5, 5.41) is 11.6. The molecule has 1 aromatic heterocycles. The summed E-state index contributed by atoms with van der Waals surface area (Å²) in [6.45, 7) is 2.66. The lowest BCUT2D eigenvalue weighted by Gasteiger charge is -2.23. The fourth-order valence-corrected chi connectivity index (χ4v) is 3.86. The van der Waals surface area contributed by atoms with E-state index in [9.17, 15) is 4.79 Å². The van der Waals surface area contributed by atoms with Gasteiger partial charge in [-0.25, -0.2) is 0 Å². The minimum Gasteiger partial charge on any atom is -0.497 e. The van der Waals surface area contributed by atoms with Crippen molar-refractivity contribution in [1.82, 2.24) is 20.4 Å². The number of carbonyl (C=O) groups excluding carboxylic acids is 1. The highest BCUT2D eigenvalue weighted by Crippen LogP contribution is 2.26. The Morgan fingerprint density at radius 2 is 1.84 bits per heavy atom. The number of aryl methyl sites for hydroxylation is 1. The highest BCUT2D eigenvalue weighted by molar-refractivity contribution is 5.96. The van der Waals surface area contributed by atoms with Crippen LogP contribution in [-0.2, 0) is 0 Å². The number of amides is 1. The van der Waals surface area contributed by atoms with Crippen molar-refractivity contribution >= 4 is 16.8 Å². The Morgan fingerprint density at radius 3 is 2.62 bits per heavy atom. The molecule has 1 amide bonds. The minimum atomic E-state index is -0.166. The zero-order valence-corrected chi connectivity index (χ0v) is 18.8. The van der Waals surface area contributed by atoms with E-state index in [-0.39, 0.29) is 11.9 Å². The van der Waals surface area contributed by atoms with Crippen molar-refractivity contribution in [3.8, 4) is 16.9 Å². The van der Waals surface area contributed by atoms with Crippen LogP contribution in [0.25, 0.3) is 22.0 Å². The number of aromatic amines is 1. The van der Waals surface area contributed by atoms with Crippen LogP contribution in [0, 0.1) is 6.92 Å². The number of H-pyrrole nitrogens is 1. The number of likely N-dealkylation sites (N-methyl/N-ethyl adjacent to an activating group) is 1. The van der Waals surface area contributed by atoms with E-state index in [0.29, 0.717) is 12.1 Å². The van der Waals surface area contributed by atoms with Crippen molar-refractivity contribution in [2.45, 2.75) is 13.0 Å². The zero-order chi connectivity index (χ0) is 22.7. The van der Waals surface area contributed by atoms with E-state index in [4.69, 9.17) is 4.74 Å². The normalized spacial score (nSPS) is 12.2. The number of hydrogen-bond acceptors (Lipinski definition) is 4. The van der Waals surface area contributed by atoms with Crippen LogP contribution in [0.3, 0.4) is 0 Å². The molecule has 4 aromatic rings. The molecule has 0 aliphatic heterocycles. The van der Waals surface area contributed by atoms with Crippen LogP contribution in [0.4, 0.5) is 0 Å². The van der Waals surface area contributed by atoms with Crippen molar-refractivity contribution in [2.75, 3.05) is 27.7 Å². The van der Waals surface area contributed by atoms with Crippen LogP contribution in [0.2, 0.25) is 0 Å². The molecule has 1 unspecified atom stereocenters. The molecule has 6 heteroatoms. The summed E-state index contributed by atoms with van der Waals surface area (Å²) in [5.74, 6) is 0.662. The Morgan fingerprint density at radius 1 is 1.06 bits per heavy atom. The van der Waals surface area contributed by atoms with E-state index < -0.39 is 0 Å². The van der Waals surface area contributed by atoms with Crippen LogP contribution >= 0.6 is 0 Å². The van der Waals surface area contributed by atoms with E-state index in [1.54, 1.807) is 7.11 Å². The predicted octanol–water partition coefficient (Wildman–Crippen LogP) is 4.58. The quantitative estimate of drug-likeness (QED) is 0.452. The first-order valence-corrected chi connectivity index (χ1v) is 10.6. The average molecular weight is 429 g/mol. The number of ether oxygens (including phenoxy) is 1. The van der Waals surface area contributed by atoms with E-state index in [0.717, 1.165) is 39.0 Å². The smallest absolute Gasteiger partial charge is 0.251 e. The molecule has 0 saturated heterocycles. The monoisotopic (exact) mass is 428 g/mol. The number of hydrogen-bond donors (Lipinski definition) is 2. The largest absolute Gasteiger partial charge is 0.497 e. The molecule has 6 nitrogen and oxygen atoms in total. The van der Waals surface area contributed by atoms with Gasteiger partial charge in [0.05, 0.1) is 24.4 Å². The molecule has 0 fully saturated rings. The number of carbonyl (C=O) groups is 1. The van der Waals surface area contributed by atoms with Crippen LogP contribution in [-0.4, -0.2) is 48.8 Å². The topological polar surface area (TPSA) is 70.2 Å². The maximum Gasteiger partial charge on any atom is 0.251 e. The summed E-state index contributed by atoms with van der Waals surface area (Å²) in [6.07, 6.45) is 0. The first kappa shape index (κ1) is 21.6. The van der Waals surface area contributed by atoms with Crippen molar-refractivity contribution in [2.24, 2.45) is 0 Å². The van der Waals surface area contributed by atoms with E-state index in [1.165, 1.54) is 0 Å². The van der Waals surface area contributed by atoms with Gasteiger partial charge in [-0.15, -0.1) is 0 Å². The highest BCUT2D eigenvalue weighted by atomic mass is 16.5. The van der Waals surface area contributed by atoms with Gasteiger partial charge in [0.2, 0.25) is 0 Å². The molecular formula is C26H28N4O2. The van der Waals surface area contributed by atoms with Crippen molar-refractivity contribution < 1.29 is 9.53 Å². The Hall–Kier alpha value is -3.64. The van der Waals surface area contributed by atoms with Gasteiger partial charge in [0.1, 0.15) is 5.75 Å². The van der Waals surface area contributed by atoms with Gasteiger partial charge in [-0.3, -0.25) is 9.89 Å². The Labute approximate surface area is 188 Å². The molecule has 164 valence electrons. The lowest BCUT2D eigenvalue weighted by Crippen LogP contribution is -2.35. The van der Waals surface area contributed by atoms with Crippen molar-refractivity contribution in [3.63, 3.8) is 0 Å². The maximum atomic E-state index is 13.2. The molecule has 3 aromatic carbocycles. The van der Waals surface area contributed by atoms with Gasteiger partial charge in [0.25, 0.3) is 5.91 Å². The summed E-state index contributed by atoms with van der Waals surface area (Å²) >= 11 is 0. The zero-order valence-electron chi connectivity index (χ0n) is 18.8. The van der Waals surface area contributed by atoms with Crippen molar-refractivity contribution in [1.29, 1.82) is 0 Å². The molecule has 32 heavy (non-hydrogen) atoms. The van der Waals surface area contributed by atoms with Gasteiger partial charge < -0.3 is 15.0 Å². The second-order valence-electron chi connectivity index (χ2n) is 8.22. The van der Waals surface area contributed by atoms with E-state index in [1.807, 2.05) is 81.7 Å². The third-order valence-corrected chi connectivity index (χ3v) is 5.56. The second kappa shape index (κ2) is 9.24. The van der Waals surface area contributed by atoms with Gasteiger partial charge in [0.15, 0.2) is 0 Å². The minimum absolute atomic E-state index is 0.109. The molecule has 1 atom stereocenters. The van der Waals surface area contributed by atoms with Crippen LogP contribution < -0.4 is 10.1 Å². The molecule has 4 rings (SSSR count). The molecule has 1 heterocycles. The molecule has 0 aliphatic rings. The van der Waals surface area contributed by atoms with Gasteiger partial charge in [0, 0.05) is 17.5 Å². The van der Waals surface area contributed by atoms with Gasteiger partial charge in [-0.1, -0.05) is 30.3 Å². The molecule has 0 radical (unpaired) electrons. The molecule has 0 spiro atoms. The number of methoxy groups -OCH3 is 1. The fourth-order valence-electron chi connectivity index (χ4n) is 3.86. The fraction of sp³-hybridized carbons (Fsp3) is 0.231. The average Bonchev–Trinajstić information content (AvgIpc) is 3.18. The highest BCUT2D eigenvalue weighted by Gasteiger charge is 2.18. The summed E-state index contributed by atoms with van der Waals surface area (Å²) in [7, 11) is 5.63.